The minimum Gasteiger partial charge on any atom is -0.342 e. The fraction of sp³-hybridized carbons (Fsp3) is 0.800. The molecule has 110 valence electrons. The Morgan fingerprint density at radius 2 is 2.20 bits per heavy atom. The molecule has 1 heterocycles. The van der Waals surface area contributed by atoms with Crippen molar-refractivity contribution in [2.24, 2.45) is 11.8 Å². The Hall–Kier alpha value is -1.57. The molecule has 1 atom stereocenters. The van der Waals surface area contributed by atoms with Crippen LogP contribution in [-0.2, 0) is 9.59 Å². The summed E-state index contributed by atoms with van der Waals surface area (Å²) in [5, 5.41) is 9.30. The van der Waals surface area contributed by atoms with Crippen molar-refractivity contribution < 1.29 is 9.59 Å². The van der Waals surface area contributed by atoms with Crippen LogP contribution in [0.3, 0.4) is 0 Å². The molecule has 2 aliphatic rings. The first-order chi connectivity index (χ1) is 9.39. The first-order valence-electron chi connectivity index (χ1n) is 7.36. The van der Waals surface area contributed by atoms with Crippen LogP contribution in [0.25, 0.3) is 0 Å². The second kappa shape index (κ2) is 5.43. The molecule has 20 heavy (non-hydrogen) atoms. The topological polar surface area (TPSA) is 64.4 Å². The zero-order valence-corrected chi connectivity index (χ0v) is 12.6. The second-order valence-corrected chi connectivity index (χ2v) is 6.49. The van der Waals surface area contributed by atoms with Gasteiger partial charge in [0.2, 0.25) is 11.8 Å². The van der Waals surface area contributed by atoms with Gasteiger partial charge in [0, 0.05) is 26.6 Å². The van der Waals surface area contributed by atoms with Crippen molar-refractivity contribution in [2.75, 3.05) is 20.1 Å². The molecular weight excluding hydrogens is 254 g/mol. The van der Waals surface area contributed by atoms with Crippen molar-refractivity contribution in [3.63, 3.8) is 0 Å². The summed E-state index contributed by atoms with van der Waals surface area (Å²) in [5.74, 6) is 0.135. The molecule has 1 aliphatic heterocycles. The molecular formula is C15H23N3O2. The lowest BCUT2D eigenvalue weighted by molar-refractivity contribution is -0.140. The summed E-state index contributed by atoms with van der Waals surface area (Å²) in [6, 6.07) is 2.28. The van der Waals surface area contributed by atoms with Gasteiger partial charge in [-0.15, -0.1) is 0 Å². The maximum absolute atomic E-state index is 12.5. The fourth-order valence-electron chi connectivity index (χ4n) is 3.07. The molecule has 1 aliphatic carbocycles. The summed E-state index contributed by atoms with van der Waals surface area (Å²) in [4.78, 5) is 27.8. The average Bonchev–Trinajstić information content (AvgIpc) is 2.68. The molecule has 5 nitrogen and oxygen atoms in total. The van der Waals surface area contributed by atoms with E-state index in [2.05, 4.69) is 19.9 Å². The van der Waals surface area contributed by atoms with Crippen molar-refractivity contribution in [2.45, 2.75) is 45.1 Å². The lowest BCUT2D eigenvalue weighted by Gasteiger charge is -2.43. The molecule has 0 aromatic heterocycles. The van der Waals surface area contributed by atoms with Gasteiger partial charge >= 0.3 is 0 Å². The minimum absolute atomic E-state index is 0.0501. The van der Waals surface area contributed by atoms with Crippen LogP contribution in [0.15, 0.2) is 0 Å². The number of rotatable bonds is 4. The van der Waals surface area contributed by atoms with Crippen LogP contribution < -0.4 is 0 Å². The molecule has 1 unspecified atom stereocenters. The van der Waals surface area contributed by atoms with Gasteiger partial charge in [0.25, 0.3) is 0 Å². The molecule has 0 bridgehead atoms. The van der Waals surface area contributed by atoms with Crippen LogP contribution >= 0.6 is 0 Å². The van der Waals surface area contributed by atoms with Gasteiger partial charge in [-0.3, -0.25) is 9.59 Å². The van der Waals surface area contributed by atoms with E-state index < -0.39 is 5.54 Å². The molecule has 0 N–H and O–H groups in total. The Balaban J connectivity index is 2.01. The maximum Gasteiger partial charge on any atom is 0.229 e. The number of carbonyl (C=O) groups excluding carboxylic acids is 2. The van der Waals surface area contributed by atoms with Crippen LogP contribution in [0.1, 0.15) is 39.5 Å². The molecule has 2 rings (SSSR count). The Labute approximate surface area is 120 Å². The number of carbonyl (C=O) groups is 2. The Morgan fingerprint density at radius 1 is 1.55 bits per heavy atom. The molecule has 0 aromatic rings. The lowest BCUT2D eigenvalue weighted by Crippen LogP contribution is -2.55. The Kier molecular flexibility index (Phi) is 4.03. The third kappa shape index (κ3) is 2.52. The second-order valence-electron chi connectivity index (χ2n) is 6.49. The van der Waals surface area contributed by atoms with E-state index in [1.54, 1.807) is 16.8 Å². The molecule has 5 heteroatoms. The van der Waals surface area contributed by atoms with Gasteiger partial charge in [-0.2, -0.15) is 5.26 Å². The van der Waals surface area contributed by atoms with Crippen molar-refractivity contribution >= 4 is 11.8 Å². The number of hydrogen-bond donors (Lipinski definition) is 0. The molecule has 0 aromatic carbocycles. The summed E-state index contributed by atoms with van der Waals surface area (Å²) >= 11 is 0. The number of hydrogen-bond acceptors (Lipinski definition) is 3. The molecule has 2 fully saturated rings. The summed E-state index contributed by atoms with van der Waals surface area (Å²) in [5.41, 5.74) is -0.619. The van der Waals surface area contributed by atoms with Crippen LogP contribution in [0.4, 0.5) is 0 Å². The predicted octanol–water partition coefficient (Wildman–Crippen LogP) is 1.40. The average molecular weight is 277 g/mol. The van der Waals surface area contributed by atoms with Gasteiger partial charge in [-0.05, 0) is 25.2 Å². The number of nitriles is 1. The number of amides is 2. The maximum atomic E-state index is 12.5. The van der Waals surface area contributed by atoms with E-state index in [4.69, 9.17) is 0 Å². The predicted molar refractivity (Wildman–Crippen MR) is 74.5 cm³/mol. The Morgan fingerprint density at radius 3 is 2.65 bits per heavy atom. The smallest absolute Gasteiger partial charge is 0.229 e. The highest BCUT2D eigenvalue weighted by Crippen LogP contribution is 2.37. The van der Waals surface area contributed by atoms with Crippen LogP contribution in [0.5, 0.6) is 0 Å². The summed E-state index contributed by atoms with van der Waals surface area (Å²) in [6.45, 7) is 5.33. The van der Waals surface area contributed by atoms with Gasteiger partial charge in [0.05, 0.1) is 12.0 Å². The molecule has 0 radical (unpaired) electrons. The van der Waals surface area contributed by atoms with Gasteiger partial charge in [-0.1, -0.05) is 13.8 Å². The van der Waals surface area contributed by atoms with Crippen molar-refractivity contribution in [1.29, 1.82) is 5.26 Å². The molecule has 2 amide bonds. The highest BCUT2D eigenvalue weighted by Gasteiger charge is 2.46. The largest absolute Gasteiger partial charge is 0.342 e. The van der Waals surface area contributed by atoms with E-state index in [0.29, 0.717) is 19.0 Å². The van der Waals surface area contributed by atoms with E-state index in [1.165, 1.54) is 0 Å². The monoisotopic (exact) mass is 277 g/mol. The highest BCUT2D eigenvalue weighted by molar-refractivity contribution is 5.89. The summed E-state index contributed by atoms with van der Waals surface area (Å²) in [7, 11) is 1.71. The van der Waals surface area contributed by atoms with Crippen molar-refractivity contribution in [3.8, 4) is 6.07 Å². The molecule has 1 saturated carbocycles. The van der Waals surface area contributed by atoms with Crippen molar-refractivity contribution in [3.05, 3.63) is 0 Å². The first kappa shape index (κ1) is 14.8. The first-order valence-corrected chi connectivity index (χ1v) is 7.36. The lowest BCUT2D eigenvalue weighted by atomic mass is 9.76. The number of likely N-dealkylation sites (tertiary alicyclic amines) is 1. The molecule has 0 spiro atoms. The molecule has 1 saturated heterocycles. The van der Waals surface area contributed by atoms with Gasteiger partial charge in [0.15, 0.2) is 0 Å². The zero-order valence-electron chi connectivity index (χ0n) is 12.6. The van der Waals surface area contributed by atoms with Crippen LogP contribution in [0.2, 0.25) is 0 Å². The van der Waals surface area contributed by atoms with E-state index in [1.807, 2.05) is 0 Å². The van der Waals surface area contributed by atoms with Crippen LogP contribution in [0, 0.1) is 23.2 Å². The standard InChI is InChI=1S/C15H23N3O2/c1-11(2)8-18-9-12(7-13(18)19)14(20)17(3)15(10-16)5-4-6-15/h11-12H,4-9H2,1-3H3. The van der Waals surface area contributed by atoms with Crippen LogP contribution in [-0.4, -0.2) is 47.3 Å². The quantitative estimate of drug-likeness (QED) is 0.780. The Bertz CT molecular complexity index is 449. The van der Waals surface area contributed by atoms with E-state index >= 15 is 0 Å². The minimum atomic E-state index is -0.619. The third-order valence-electron chi connectivity index (χ3n) is 4.51. The fourth-order valence-corrected chi connectivity index (χ4v) is 3.07. The van der Waals surface area contributed by atoms with E-state index in [0.717, 1.165) is 19.3 Å². The zero-order chi connectivity index (χ0) is 14.9. The normalized spacial score (nSPS) is 24.4. The van der Waals surface area contributed by atoms with Gasteiger partial charge in [-0.25, -0.2) is 0 Å². The third-order valence-corrected chi connectivity index (χ3v) is 4.51. The number of nitrogens with zero attached hydrogens (tertiary/aromatic N) is 3. The van der Waals surface area contributed by atoms with E-state index in [-0.39, 0.29) is 24.2 Å². The SMILES string of the molecule is CC(C)CN1CC(C(=O)N(C)C2(C#N)CCC2)CC1=O. The summed E-state index contributed by atoms with van der Waals surface area (Å²) in [6.07, 6.45) is 2.79. The summed E-state index contributed by atoms with van der Waals surface area (Å²) < 4.78 is 0. The highest BCUT2D eigenvalue weighted by atomic mass is 16.2. The van der Waals surface area contributed by atoms with Crippen molar-refractivity contribution in [1.82, 2.24) is 9.80 Å². The van der Waals surface area contributed by atoms with Gasteiger partial charge < -0.3 is 9.80 Å². The van der Waals surface area contributed by atoms with Gasteiger partial charge in [0.1, 0.15) is 5.54 Å². The van der Waals surface area contributed by atoms with E-state index in [9.17, 15) is 14.9 Å².